The number of rotatable bonds is 15. The third kappa shape index (κ3) is 15.8. The number of ether oxygens (including phenoxy) is 3. The number of alkyl halides is 3. The Morgan fingerprint density at radius 1 is 0.862 bits per heavy atom. The molecule has 2 heterocycles. The van der Waals surface area contributed by atoms with Crippen molar-refractivity contribution in [2.45, 2.75) is 118 Å². The second kappa shape index (κ2) is 21.4. The van der Waals surface area contributed by atoms with Gasteiger partial charge in [-0.3, -0.25) is 14.9 Å². The van der Waals surface area contributed by atoms with Gasteiger partial charge in [-0.05, 0) is 140 Å². The molecule has 0 radical (unpaired) electrons. The lowest BCUT2D eigenvalue weighted by atomic mass is 9.98. The minimum atomic E-state index is -4.61. The monoisotopic (exact) mass is 901 g/mol. The quantitative estimate of drug-likeness (QED) is 0.0404. The lowest BCUT2D eigenvalue weighted by molar-refractivity contribution is -0.137. The van der Waals surface area contributed by atoms with Crippen molar-refractivity contribution < 1.29 is 41.8 Å². The highest BCUT2D eigenvalue weighted by molar-refractivity contribution is 5.93. The summed E-state index contributed by atoms with van der Waals surface area (Å²) in [4.78, 5) is 64.1. The van der Waals surface area contributed by atoms with Gasteiger partial charge in [0.05, 0.1) is 11.3 Å². The zero-order valence-electron chi connectivity index (χ0n) is 38.1. The molecule has 65 heavy (non-hydrogen) atoms. The Kier molecular flexibility index (Phi) is 16.2. The fourth-order valence-corrected chi connectivity index (χ4v) is 6.68. The molecular weight excluding hydrogens is 844 g/mol. The van der Waals surface area contributed by atoms with Crippen LogP contribution >= 0.6 is 0 Å². The Hall–Kier alpha value is -6.65. The molecule has 0 aliphatic rings. The summed E-state index contributed by atoms with van der Waals surface area (Å²) in [5.41, 5.74) is 0.577. The lowest BCUT2D eigenvalue weighted by Gasteiger charge is -2.27. The van der Waals surface area contributed by atoms with Crippen molar-refractivity contribution in [2.75, 3.05) is 13.1 Å². The topological polar surface area (TPSA) is 169 Å². The SMILES string of the molecule is CC(=NCCCN(Cc1ccc(-n2cc3cc(-c4cc(CCC[C@H](C)NC(=O)OCc5ccccc5)cc(C(F)(F)F)c4)[nH]c3nc2=O)cc1)C(=O)OC(C)(C)C)NC(=O)OC(C)(C)C. The average Bonchev–Trinajstić information content (AvgIpc) is 3.62. The van der Waals surface area contributed by atoms with E-state index in [-0.39, 0.29) is 30.4 Å². The summed E-state index contributed by atoms with van der Waals surface area (Å²) < 4.78 is 60.0. The van der Waals surface area contributed by atoms with Crippen molar-refractivity contribution in [3.63, 3.8) is 0 Å². The average molecular weight is 902 g/mol. The zero-order valence-corrected chi connectivity index (χ0v) is 38.1. The highest BCUT2D eigenvalue weighted by Crippen LogP contribution is 2.34. The van der Waals surface area contributed by atoms with Crippen molar-refractivity contribution in [2.24, 2.45) is 4.99 Å². The van der Waals surface area contributed by atoms with Crippen LogP contribution in [0.5, 0.6) is 0 Å². The first kappa shape index (κ1) is 49.4. The van der Waals surface area contributed by atoms with Crippen molar-refractivity contribution >= 4 is 35.1 Å². The molecule has 0 aliphatic carbocycles. The standard InChI is InChI=1S/C48H58F3N7O7/c1-31(53-43(60)63-30-34-15-10-9-11-16-34)14-12-17-35-24-36(26-38(25-35)48(49,50)51)40-27-37-29-58(42(59)56-41(37)55-40)39-20-18-33(19-21-39)28-57(45(62)65-47(6,7)8)23-13-22-52-32(2)54-44(61)64-46(3,4)5/h9-11,15-16,18-21,24-27,29,31H,12-14,17,22-23,28,30H2,1-8H3,(H,53,60)(H,52,54,61)(H,55,56,59)/t31-/m0/s1. The van der Waals surface area contributed by atoms with Gasteiger partial charge in [0.15, 0.2) is 0 Å². The highest BCUT2D eigenvalue weighted by Gasteiger charge is 2.31. The van der Waals surface area contributed by atoms with E-state index in [1.54, 1.807) is 96.0 Å². The van der Waals surface area contributed by atoms with Crippen LogP contribution in [-0.4, -0.2) is 73.9 Å². The number of fused-ring (bicyclic) bond motifs is 1. The molecule has 0 unspecified atom stereocenters. The first-order valence-corrected chi connectivity index (χ1v) is 21.4. The number of benzene rings is 3. The molecule has 0 spiro atoms. The molecule has 0 bridgehead atoms. The molecule has 0 aliphatic heterocycles. The molecule has 3 N–H and O–H groups in total. The Morgan fingerprint density at radius 2 is 1.55 bits per heavy atom. The normalized spacial score (nSPS) is 12.7. The molecule has 17 heteroatoms. The third-order valence-corrected chi connectivity index (χ3v) is 9.68. The Balaban J connectivity index is 1.25. The number of aromatic nitrogens is 3. The summed E-state index contributed by atoms with van der Waals surface area (Å²) >= 11 is 0. The fraction of sp³-hybridized carbons (Fsp3) is 0.417. The maximum atomic E-state index is 14.1. The number of hydrogen-bond donors (Lipinski definition) is 3. The predicted octanol–water partition coefficient (Wildman–Crippen LogP) is 10.1. The predicted molar refractivity (Wildman–Crippen MR) is 243 cm³/mol. The number of nitrogens with zero attached hydrogens (tertiary/aromatic N) is 4. The summed E-state index contributed by atoms with van der Waals surface area (Å²) in [7, 11) is 0. The minimum Gasteiger partial charge on any atom is -0.445 e. The van der Waals surface area contributed by atoms with E-state index in [9.17, 15) is 32.3 Å². The lowest BCUT2D eigenvalue weighted by Crippen LogP contribution is -2.37. The molecule has 0 fully saturated rings. The van der Waals surface area contributed by atoms with E-state index in [2.05, 4.69) is 25.6 Å². The third-order valence-electron chi connectivity index (χ3n) is 9.68. The van der Waals surface area contributed by atoms with Crippen LogP contribution in [0.1, 0.15) is 96.9 Å². The number of alkyl carbamates (subject to hydrolysis) is 2. The zero-order chi connectivity index (χ0) is 47.5. The number of aryl methyl sites for hydroxylation is 1. The van der Waals surface area contributed by atoms with Gasteiger partial charge in [-0.2, -0.15) is 18.2 Å². The summed E-state index contributed by atoms with van der Waals surface area (Å²) in [6.45, 7) is 15.0. The van der Waals surface area contributed by atoms with Gasteiger partial charge in [0.25, 0.3) is 0 Å². The van der Waals surface area contributed by atoms with Crippen LogP contribution in [0.2, 0.25) is 0 Å². The highest BCUT2D eigenvalue weighted by atomic mass is 19.4. The van der Waals surface area contributed by atoms with Crippen LogP contribution in [0.3, 0.4) is 0 Å². The van der Waals surface area contributed by atoms with E-state index >= 15 is 0 Å². The van der Waals surface area contributed by atoms with Gasteiger partial charge in [-0.15, -0.1) is 0 Å². The van der Waals surface area contributed by atoms with Gasteiger partial charge in [-0.1, -0.05) is 42.5 Å². The van der Waals surface area contributed by atoms with Crippen LogP contribution in [0.25, 0.3) is 28.0 Å². The summed E-state index contributed by atoms with van der Waals surface area (Å²) in [6, 6.07) is 21.5. The van der Waals surface area contributed by atoms with Crippen LogP contribution in [-0.2, 0) is 40.0 Å². The van der Waals surface area contributed by atoms with Crippen LogP contribution in [0.4, 0.5) is 27.6 Å². The fourth-order valence-electron chi connectivity index (χ4n) is 6.68. The van der Waals surface area contributed by atoms with Crippen molar-refractivity contribution in [3.05, 3.63) is 118 Å². The second-order valence-electron chi connectivity index (χ2n) is 17.8. The van der Waals surface area contributed by atoms with Gasteiger partial charge in [-0.25, -0.2) is 19.2 Å². The molecule has 348 valence electrons. The van der Waals surface area contributed by atoms with Gasteiger partial charge >= 0.3 is 30.1 Å². The Bertz CT molecular complexity index is 2510. The van der Waals surface area contributed by atoms with Gasteiger partial charge < -0.3 is 29.4 Å². The molecule has 2 aromatic heterocycles. The van der Waals surface area contributed by atoms with E-state index in [0.717, 1.165) is 23.3 Å². The van der Waals surface area contributed by atoms with Gasteiger partial charge in [0.1, 0.15) is 29.3 Å². The summed E-state index contributed by atoms with van der Waals surface area (Å²) in [5.74, 6) is 0.380. The summed E-state index contributed by atoms with van der Waals surface area (Å²) in [5, 5.41) is 5.86. The smallest absolute Gasteiger partial charge is 0.416 e. The Labute approximate surface area is 376 Å². The first-order valence-electron chi connectivity index (χ1n) is 21.4. The van der Waals surface area contributed by atoms with Crippen LogP contribution in [0.15, 0.2) is 94.8 Å². The number of carbonyl (C=O) groups excluding carboxylic acids is 3. The van der Waals surface area contributed by atoms with E-state index in [4.69, 9.17) is 14.2 Å². The minimum absolute atomic E-state index is 0.121. The van der Waals surface area contributed by atoms with Crippen molar-refractivity contribution in [1.29, 1.82) is 0 Å². The van der Waals surface area contributed by atoms with Crippen LogP contribution < -0.4 is 16.3 Å². The van der Waals surface area contributed by atoms with E-state index in [1.165, 1.54) is 4.57 Å². The number of hydrogen-bond acceptors (Lipinski definition) is 9. The maximum absolute atomic E-state index is 14.1. The maximum Gasteiger partial charge on any atom is 0.416 e. The molecule has 0 saturated heterocycles. The van der Waals surface area contributed by atoms with Gasteiger partial charge in [0.2, 0.25) is 0 Å². The molecule has 5 aromatic rings. The molecule has 5 rings (SSSR count). The molecule has 1 atom stereocenters. The number of amides is 3. The molecule has 14 nitrogen and oxygen atoms in total. The van der Waals surface area contributed by atoms with Crippen molar-refractivity contribution in [3.8, 4) is 16.9 Å². The van der Waals surface area contributed by atoms with Crippen molar-refractivity contribution in [1.82, 2.24) is 30.1 Å². The van der Waals surface area contributed by atoms with Crippen LogP contribution in [0, 0.1) is 0 Å². The Morgan fingerprint density at radius 3 is 2.22 bits per heavy atom. The number of H-pyrrole nitrogens is 1. The summed E-state index contributed by atoms with van der Waals surface area (Å²) in [6.07, 6.45) is -2.94. The molecule has 3 aromatic carbocycles. The van der Waals surface area contributed by atoms with E-state index < -0.39 is 46.9 Å². The molecule has 3 amide bonds. The van der Waals surface area contributed by atoms with E-state index in [1.807, 2.05) is 37.3 Å². The number of carbonyl (C=O) groups is 3. The number of nitrogens with one attached hydrogen (secondary N) is 3. The molecular formula is C48H58F3N7O7. The molecule has 0 saturated carbocycles. The van der Waals surface area contributed by atoms with Gasteiger partial charge in [0, 0.05) is 43.0 Å². The largest absolute Gasteiger partial charge is 0.445 e. The number of aliphatic imine (C=N–C) groups is 1. The van der Waals surface area contributed by atoms with E-state index in [0.29, 0.717) is 66.9 Å². The number of aromatic amines is 1. The number of halogens is 3. The first-order chi connectivity index (χ1) is 30.5. The second-order valence-corrected chi connectivity index (χ2v) is 17.8. The number of amidine groups is 1.